The van der Waals surface area contributed by atoms with Crippen LogP contribution in [0, 0.1) is 6.92 Å². The molecule has 0 saturated heterocycles. The zero-order chi connectivity index (χ0) is 16.4. The van der Waals surface area contributed by atoms with Gasteiger partial charge in [-0.1, -0.05) is 6.07 Å². The molecule has 0 fully saturated rings. The highest BCUT2D eigenvalue weighted by molar-refractivity contribution is 7.47. The molecule has 0 N–H and O–H groups in total. The van der Waals surface area contributed by atoms with Crippen LogP contribution in [0.25, 0.3) is 0 Å². The minimum Gasteiger partial charge on any atom is -0.444 e. The Hall–Kier alpha value is -2.01. The average molecular weight is 333 g/mol. The van der Waals surface area contributed by atoms with Gasteiger partial charge in [-0.25, -0.2) is 9.78 Å². The number of pyridine rings is 1. The minimum absolute atomic E-state index is 0.383. The number of esters is 1. The monoisotopic (exact) mass is 333 g/mol. The molecule has 0 radical (unpaired) electrons. The fraction of sp³-hybridized carbons (Fsp3) is 0.250. The summed E-state index contributed by atoms with van der Waals surface area (Å²) in [5.74, 6) is 0.128. The van der Waals surface area contributed by atoms with Crippen molar-refractivity contribution in [3.8, 4) is 11.6 Å². The summed E-state index contributed by atoms with van der Waals surface area (Å²) in [7, 11) is 1.69. The second-order valence-corrected chi connectivity index (χ2v) is 6.65. The van der Waals surface area contributed by atoms with Gasteiger partial charge in [-0.05, 0) is 31.2 Å². The maximum absolute atomic E-state index is 12.0. The Morgan fingerprint density at radius 2 is 1.96 bits per heavy atom. The number of ether oxygens (including phenoxy) is 2. The molecule has 2 aromatic rings. The summed E-state index contributed by atoms with van der Waals surface area (Å²) in [6.07, 6.45) is 0. The van der Waals surface area contributed by atoms with Crippen LogP contribution >= 0.6 is 8.38 Å². The molecule has 7 heteroatoms. The Labute approximate surface area is 135 Å². The number of hydrogen-bond donors (Lipinski definition) is 0. The smallest absolute Gasteiger partial charge is 0.339 e. The molecule has 3 rings (SSSR count). The molecule has 1 aliphatic rings. The van der Waals surface area contributed by atoms with E-state index in [0.29, 0.717) is 22.8 Å². The number of rotatable bonds is 5. The molecule has 0 aliphatic carbocycles. The lowest BCUT2D eigenvalue weighted by Crippen LogP contribution is -1.99. The summed E-state index contributed by atoms with van der Waals surface area (Å²) in [6.45, 7) is 1.89. The third kappa shape index (κ3) is 3.20. The van der Waals surface area contributed by atoms with Crippen LogP contribution in [0.1, 0.15) is 27.5 Å². The first-order chi connectivity index (χ1) is 11.1. The summed E-state index contributed by atoms with van der Waals surface area (Å²) in [5, 5.41) is 0. The SMILES string of the molecule is COP(OC)C1OC(=O)c2ccc(Oc3cccc(C)n3)cc21. The lowest BCUT2D eigenvalue weighted by molar-refractivity contribution is 0.0482. The fourth-order valence-corrected chi connectivity index (χ4v) is 3.50. The first kappa shape index (κ1) is 15.9. The van der Waals surface area contributed by atoms with Gasteiger partial charge in [0.1, 0.15) is 5.75 Å². The molecule has 1 aromatic carbocycles. The van der Waals surface area contributed by atoms with E-state index in [1.165, 1.54) is 14.2 Å². The van der Waals surface area contributed by atoms with Crippen molar-refractivity contribution in [1.29, 1.82) is 0 Å². The van der Waals surface area contributed by atoms with Gasteiger partial charge in [0.25, 0.3) is 0 Å². The van der Waals surface area contributed by atoms with E-state index >= 15 is 0 Å². The van der Waals surface area contributed by atoms with Crippen LogP contribution in [-0.4, -0.2) is 25.2 Å². The lowest BCUT2D eigenvalue weighted by Gasteiger charge is -2.18. The first-order valence-electron chi connectivity index (χ1n) is 6.96. The van der Waals surface area contributed by atoms with Crippen molar-refractivity contribution in [3.05, 3.63) is 53.2 Å². The maximum atomic E-state index is 12.0. The van der Waals surface area contributed by atoms with Gasteiger partial charge >= 0.3 is 5.97 Å². The average Bonchev–Trinajstić information content (AvgIpc) is 2.85. The number of benzene rings is 1. The number of hydrogen-bond acceptors (Lipinski definition) is 6. The van der Waals surface area contributed by atoms with Crippen molar-refractivity contribution in [2.45, 2.75) is 12.8 Å². The van der Waals surface area contributed by atoms with Gasteiger partial charge in [0.15, 0.2) is 5.85 Å². The van der Waals surface area contributed by atoms with E-state index in [1.54, 1.807) is 24.3 Å². The zero-order valence-electron chi connectivity index (χ0n) is 13.0. The summed E-state index contributed by atoms with van der Waals surface area (Å²) < 4.78 is 21.7. The standard InChI is InChI=1S/C16H16NO5P/c1-10-5-4-6-14(17-10)21-11-7-8-12-13(9-11)16(22-15(12)18)23(19-2)20-3/h4-9,16H,1-3H3. The first-order valence-corrected chi connectivity index (χ1v) is 8.21. The number of cyclic esters (lactones) is 1. The van der Waals surface area contributed by atoms with Crippen molar-refractivity contribution < 1.29 is 23.3 Å². The topological polar surface area (TPSA) is 66.9 Å². The number of carbonyl (C=O) groups is 1. The van der Waals surface area contributed by atoms with Crippen molar-refractivity contribution >= 4 is 14.3 Å². The molecule has 6 nitrogen and oxygen atoms in total. The number of aryl methyl sites for hydroxylation is 1. The molecule has 120 valence electrons. The van der Waals surface area contributed by atoms with Crippen LogP contribution in [0.4, 0.5) is 0 Å². The summed E-state index contributed by atoms with van der Waals surface area (Å²) in [6, 6.07) is 10.7. The van der Waals surface area contributed by atoms with E-state index in [-0.39, 0.29) is 5.97 Å². The van der Waals surface area contributed by atoms with E-state index in [4.69, 9.17) is 18.5 Å². The molecule has 0 amide bonds. The van der Waals surface area contributed by atoms with Gasteiger partial charge in [0.2, 0.25) is 14.3 Å². The summed E-state index contributed by atoms with van der Waals surface area (Å²) >= 11 is 0. The Kier molecular flexibility index (Phi) is 4.57. The Morgan fingerprint density at radius 1 is 1.17 bits per heavy atom. The fourth-order valence-electron chi connectivity index (χ4n) is 2.34. The van der Waals surface area contributed by atoms with Crippen molar-refractivity contribution in [2.75, 3.05) is 14.2 Å². The third-order valence-corrected chi connectivity index (χ3v) is 4.85. The third-order valence-electron chi connectivity index (χ3n) is 3.36. The van der Waals surface area contributed by atoms with Gasteiger partial charge in [0.05, 0.1) is 5.56 Å². The molecule has 1 aliphatic heterocycles. The van der Waals surface area contributed by atoms with Gasteiger partial charge in [-0.3, -0.25) is 0 Å². The maximum Gasteiger partial charge on any atom is 0.339 e. The highest BCUT2D eigenvalue weighted by Gasteiger charge is 2.38. The molecular formula is C16H16NO5P. The van der Waals surface area contributed by atoms with Crippen LogP contribution in [0.3, 0.4) is 0 Å². The van der Waals surface area contributed by atoms with E-state index in [1.807, 2.05) is 19.1 Å². The highest BCUT2D eigenvalue weighted by atomic mass is 31.2. The van der Waals surface area contributed by atoms with Crippen molar-refractivity contribution in [2.24, 2.45) is 0 Å². The molecule has 1 aromatic heterocycles. The van der Waals surface area contributed by atoms with E-state index < -0.39 is 14.2 Å². The predicted octanol–water partition coefficient (Wildman–Crippen LogP) is 3.96. The Balaban J connectivity index is 1.91. The quantitative estimate of drug-likeness (QED) is 0.609. The van der Waals surface area contributed by atoms with Crippen LogP contribution in [-0.2, 0) is 13.8 Å². The van der Waals surface area contributed by atoms with Gasteiger partial charge in [0, 0.05) is 31.5 Å². The van der Waals surface area contributed by atoms with Crippen LogP contribution < -0.4 is 4.74 Å². The summed E-state index contributed by atoms with van der Waals surface area (Å²) in [5.41, 5.74) is 2.07. The molecule has 1 atom stereocenters. The zero-order valence-corrected chi connectivity index (χ0v) is 13.9. The number of nitrogens with zero attached hydrogens (tertiary/aromatic N) is 1. The molecule has 2 heterocycles. The molecule has 0 saturated carbocycles. The largest absolute Gasteiger partial charge is 0.444 e. The van der Waals surface area contributed by atoms with Crippen LogP contribution in [0.5, 0.6) is 11.6 Å². The van der Waals surface area contributed by atoms with E-state index in [9.17, 15) is 4.79 Å². The van der Waals surface area contributed by atoms with Crippen molar-refractivity contribution in [1.82, 2.24) is 4.98 Å². The molecule has 23 heavy (non-hydrogen) atoms. The van der Waals surface area contributed by atoms with Gasteiger partial charge in [-0.15, -0.1) is 0 Å². The number of carbonyl (C=O) groups excluding carboxylic acids is 1. The predicted molar refractivity (Wildman–Crippen MR) is 84.6 cm³/mol. The van der Waals surface area contributed by atoms with E-state index in [0.717, 1.165) is 5.69 Å². The molecule has 0 spiro atoms. The second kappa shape index (κ2) is 6.62. The highest BCUT2D eigenvalue weighted by Crippen LogP contribution is 2.56. The number of fused-ring (bicyclic) bond motifs is 1. The van der Waals surface area contributed by atoms with Crippen LogP contribution in [0.2, 0.25) is 0 Å². The number of aromatic nitrogens is 1. The van der Waals surface area contributed by atoms with Gasteiger partial charge < -0.3 is 18.5 Å². The second-order valence-electron chi connectivity index (χ2n) is 4.88. The Morgan fingerprint density at radius 3 is 2.65 bits per heavy atom. The molecule has 1 unspecified atom stereocenters. The lowest BCUT2D eigenvalue weighted by atomic mass is 10.1. The van der Waals surface area contributed by atoms with Gasteiger partial charge in [-0.2, -0.15) is 0 Å². The molecule has 0 bridgehead atoms. The summed E-state index contributed by atoms with van der Waals surface area (Å²) in [4.78, 5) is 16.2. The minimum atomic E-state index is -1.36. The van der Waals surface area contributed by atoms with Crippen LogP contribution in [0.15, 0.2) is 36.4 Å². The van der Waals surface area contributed by atoms with Crippen molar-refractivity contribution in [3.63, 3.8) is 0 Å². The van der Waals surface area contributed by atoms with E-state index in [2.05, 4.69) is 4.98 Å². The molecular weight excluding hydrogens is 317 g/mol. The normalized spacial score (nSPS) is 16.3. The Bertz CT molecular complexity index is 732.